The molecule has 1 unspecified atom stereocenters. The van der Waals surface area contributed by atoms with Crippen LogP contribution in [0.3, 0.4) is 0 Å². The van der Waals surface area contributed by atoms with Crippen LogP contribution in [-0.4, -0.2) is 43.0 Å². The molecule has 0 spiro atoms. The molecule has 3 heterocycles. The van der Waals surface area contributed by atoms with E-state index in [0.717, 1.165) is 43.9 Å². The normalized spacial score (nSPS) is 19.0. The molecule has 0 bridgehead atoms. The summed E-state index contributed by atoms with van der Waals surface area (Å²) in [4.78, 5) is 19.6. The van der Waals surface area contributed by atoms with E-state index in [4.69, 9.17) is 0 Å². The first-order valence-corrected chi connectivity index (χ1v) is 8.08. The number of aromatic nitrogens is 4. The van der Waals surface area contributed by atoms with Crippen LogP contribution in [0.4, 0.5) is 0 Å². The molecule has 1 fully saturated rings. The van der Waals surface area contributed by atoms with Gasteiger partial charge in [0, 0.05) is 25.5 Å². The maximum Gasteiger partial charge on any atom is 0.267 e. The van der Waals surface area contributed by atoms with Crippen LogP contribution < -0.4 is 0 Å². The summed E-state index contributed by atoms with van der Waals surface area (Å²) in [6, 6.07) is 0.316. The zero-order valence-electron chi connectivity index (χ0n) is 12.3. The van der Waals surface area contributed by atoms with E-state index in [2.05, 4.69) is 19.1 Å². The van der Waals surface area contributed by atoms with Gasteiger partial charge in [0.05, 0.1) is 11.7 Å². The highest BCUT2D eigenvalue weighted by Crippen LogP contribution is 2.25. The van der Waals surface area contributed by atoms with Crippen LogP contribution >= 0.6 is 11.5 Å². The summed E-state index contributed by atoms with van der Waals surface area (Å²) in [5, 5.41) is 4.04. The standard InChI is InChI=1S/C14H19N5OS/c1-3-12-13(21-17-16-12)14(20)18-7-4-5-11(9-18)19-8-6-15-10(19)2/h6,8,11H,3-5,7,9H2,1-2H3. The van der Waals surface area contributed by atoms with Crippen LogP contribution in [0.25, 0.3) is 0 Å². The quantitative estimate of drug-likeness (QED) is 0.871. The Morgan fingerprint density at radius 3 is 3.10 bits per heavy atom. The number of amides is 1. The van der Waals surface area contributed by atoms with E-state index in [1.165, 1.54) is 11.5 Å². The molecule has 3 rings (SSSR count). The lowest BCUT2D eigenvalue weighted by atomic mass is 10.0. The first-order chi connectivity index (χ1) is 10.2. The topological polar surface area (TPSA) is 63.9 Å². The predicted molar refractivity (Wildman–Crippen MR) is 80.4 cm³/mol. The van der Waals surface area contributed by atoms with Crippen molar-refractivity contribution >= 4 is 17.4 Å². The van der Waals surface area contributed by atoms with Gasteiger partial charge < -0.3 is 9.47 Å². The molecule has 112 valence electrons. The molecule has 7 heteroatoms. The lowest BCUT2D eigenvalue weighted by Gasteiger charge is -2.33. The fourth-order valence-corrected chi connectivity index (χ4v) is 3.60. The van der Waals surface area contributed by atoms with Crippen molar-refractivity contribution in [3.8, 4) is 0 Å². The largest absolute Gasteiger partial charge is 0.336 e. The number of aryl methyl sites for hydroxylation is 2. The second kappa shape index (κ2) is 5.93. The van der Waals surface area contributed by atoms with Crippen molar-refractivity contribution in [3.05, 3.63) is 28.8 Å². The van der Waals surface area contributed by atoms with Crippen LogP contribution in [0.1, 0.15) is 47.0 Å². The van der Waals surface area contributed by atoms with E-state index in [1.807, 2.05) is 31.1 Å². The number of imidazole rings is 1. The Labute approximate surface area is 128 Å². The van der Waals surface area contributed by atoms with Gasteiger partial charge in [-0.1, -0.05) is 11.4 Å². The van der Waals surface area contributed by atoms with E-state index < -0.39 is 0 Å². The van der Waals surface area contributed by atoms with Crippen molar-refractivity contribution in [2.45, 2.75) is 39.2 Å². The predicted octanol–water partition coefficient (Wildman–Crippen LogP) is 2.08. The fraction of sp³-hybridized carbons (Fsp3) is 0.571. The van der Waals surface area contributed by atoms with Gasteiger partial charge >= 0.3 is 0 Å². The minimum atomic E-state index is 0.0734. The van der Waals surface area contributed by atoms with Gasteiger partial charge in [0.2, 0.25) is 0 Å². The molecule has 0 aromatic carbocycles. The second-order valence-corrected chi connectivity index (χ2v) is 6.09. The zero-order chi connectivity index (χ0) is 14.8. The van der Waals surface area contributed by atoms with Gasteiger partial charge in [0.1, 0.15) is 10.7 Å². The molecule has 0 aliphatic carbocycles. The summed E-state index contributed by atoms with van der Waals surface area (Å²) >= 11 is 1.21. The minimum absolute atomic E-state index is 0.0734. The molecule has 1 aliphatic rings. The molecular weight excluding hydrogens is 286 g/mol. The summed E-state index contributed by atoms with van der Waals surface area (Å²) in [7, 11) is 0. The van der Waals surface area contributed by atoms with Crippen molar-refractivity contribution in [1.29, 1.82) is 0 Å². The molecular formula is C14H19N5OS. The molecule has 21 heavy (non-hydrogen) atoms. The Balaban J connectivity index is 1.77. The lowest BCUT2D eigenvalue weighted by Crippen LogP contribution is -2.40. The van der Waals surface area contributed by atoms with Crippen molar-refractivity contribution in [3.63, 3.8) is 0 Å². The molecule has 2 aromatic heterocycles. The van der Waals surface area contributed by atoms with Gasteiger partial charge in [-0.3, -0.25) is 4.79 Å². The molecule has 1 amide bonds. The first kappa shape index (κ1) is 14.2. The van der Waals surface area contributed by atoms with Gasteiger partial charge in [0.25, 0.3) is 5.91 Å². The summed E-state index contributed by atoms with van der Waals surface area (Å²) in [5.41, 5.74) is 0.811. The minimum Gasteiger partial charge on any atom is -0.336 e. The Bertz CT molecular complexity index is 635. The number of likely N-dealkylation sites (tertiary alicyclic amines) is 1. The number of carbonyl (C=O) groups is 1. The summed E-state index contributed by atoms with van der Waals surface area (Å²) in [6.07, 6.45) is 6.66. The highest BCUT2D eigenvalue weighted by molar-refractivity contribution is 7.08. The van der Waals surface area contributed by atoms with Gasteiger partial charge in [-0.25, -0.2) is 4.98 Å². The number of hydrogen-bond donors (Lipinski definition) is 0. The second-order valence-electron chi connectivity index (χ2n) is 5.33. The summed E-state index contributed by atoms with van der Waals surface area (Å²) < 4.78 is 6.09. The van der Waals surface area contributed by atoms with Crippen LogP contribution in [0, 0.1) is 6.92 Å². The van der Waals surface area contributed by atoms with Crippen molar-refractivity contribution in [1.82, 2.24) is 24.0 Å². The third-order valence-corrected chi connectivity index (χ3v) is 4.78. The summed E-state index contributed by atoms with van der Waals surface area (Å²) in [5.74, 6) is 1.08. The Morgan fingerprint density at radius 2 is 2.38 bits per heavy atom. The van der Waals surface area contributed by atoms with E-state index in [0.29, 0.717) is 10.9 Å². The number of carbonyl (C=O) groups excluding carboxylic acids is 1. The molecule has 1 saturated heterocycles. The Kier molecular flexibility index (Phi) is 4.01. The first-order valence-electron chi connectivity index (χ1n) is 7.30. The van der Waals surface area contributed by atoms with Crippen LogP contribution in [0.2, 0.25) is 0 Å². The maximum absolute atomic E-state index is 12.7. The molecule has 0 N–H and O–H groups in total. The Hall–Kier alpha value is -1.76. The van der Waals surface area contributed by atoms with E-state index in [1.54, 1.807) is 0 Å². The molecule has 6 nitrogen and oxygen atoms in total. The fourth-order valence-electron chi connectivity index (χ4n) is 2.89. The average Bonchev–Trinajstić information content (AvgIpc) is 3.15. The van der Waals surface area contributed by atoms with Gasteiger partial charge in [0.15, 0.2) is 0 Å². The molecule has 0 radical (unpaired) electrons. The Morgan fingerprint density at radius 1 is 1.52 bits per heavy atom. The van der Waals surface area contributed by atoms with E-state index in [-0.39, 0.29) is 5.91 Å². The van der Waals surface area contributed by atoms with Crippen LogP contribution in [0.5, 0.6) is 0 Å². The van der Waals surface area contributed by atoms with E-state index >= 15 is 0 Å². The third kappa shape index (κ3) is 2.70. The third-order valence-electron chi connectivity index (χ3n) is 4.02. The smallest absolute Gasteiger partial charge is 0.267 e. The molecule has 2 aromatic rings. The molecule has 1 atom stereocenters. The monoisotopic (exact) mass is 305 g/mol. The maximum atomic E-state index is 12.7. The molecule has 0 saturated carbocycles. The highest BCUT2D eigenvalue weighted by Gasteiger charge is 2.28. The van der Waals surface area contributed by atoms with Crippen molar-refractivity contribution < 1.29 is 4.79 Å². The zero-order valence-corrected chi connectivity index (χ0v) is 13.1. The summed E-state index contributed by atoms with van der Waals surface area (Å²) in [6.45, 7) is 5.55. The SMILES string of the molecule is CCc1nnsc1C(=O)N1CCCC(n2ccnc2C)C1. The van der Waals surface area contributed by atoms with Gasteiger partial charge in [-0.2, -0.15) is 0 Å². The molecule has 1 aliphatic heterocycles. The average molecular weight is 305 g/mol. The number of nitrogens with zero attached hydrogens (tertiary/aromatic N) is 5. The van der Waals surface area contributed by atoms with Crippen LogP contribution in [0.15, 0.2) is 12.4 Å². The number of rotatable bonds is 3. The lowest BCUT2D eigenvalue weighted by molar-refractivity contribution is 0.0682. The van der Waals surface area contributed by atoms with Crippen molar-refractivity contribution in [2.75, 3.05) is 13.1 Å². The van der Waals surface area contributed by atoms with Gasteiger partial charge in [-0.05, 0) is 37.7 Å². The van der Waals surface area contributed by atoms with Crippen LogP contribution in [-0.2, 0) is 6.42 Å². The number of hydrogen-bond acceptors (Lipinski definition) is 5. The van der Waals surface area contributed by atoms with Gasteiger partial charge in [-0.15, -0.1) is 5.10 Å². The number of piperidine rings is 1. The van der Waals surface area contributed by atoms with Crippen molar-refractivity contribution in [2.24, 2.45) is 0 Å². The van der Waals surface area contributed by atoms with E-state index in [9.17, 15) is 4.79 Å². The highest BCUT2D eigenvalue weighted by atomic mass is 32.1.